The highest BCUT2D eigenvalue weighted by molar-refractivity contribution is 6.28. The van der Waals surface area contributed by atoms with Gasteiger partial charge in [0.05, 0.1) is 5.88 Å². The molecule has 0 saturated carbocycles. The lowest BCUT2D eigenvalue weighted by Gasteiger charge is -2.07. The number of rotatable bonds is 2. The van der Waals surface area contributed by atoms with Gasteiger partial charge in [0.1, 0.15) is 0 Å². The lowest BCUT2D eigenvalue weighted by atomic mass is 9.98. The second-order valence-electron chi connectivity index (χ2n) is 3.39. The lowest BCUT2D eigenvalue weighted by molar-refractivity contribution is -0.118. The fourth-order valence-corrected chi connectivity index (χ4v) is 2.17. The number of benzene rings is 1. The summed E-state index contributed by atoms with van der Waals surface area (Å²) < 4.78 is 0. The van der Waals surface area contributed by atoms with Crippen LogP contribution in [0.15, 0.2) is 24.3 Å². The zero-order valence-corrected chi connectivity index (χ0v) is 8.05. The highest BCUT2D eigenvalue weighted by Crippen LogP contribution is 2.33. The van der Waals surface area contributed by atoms with Crippen molar-refractivity contribution < 1.29 is 4.79 Å². The van der Waals surface area contributed by atoms with Gasteiger partial charge in [-0.05, 0) is 24.0 Å². The van der Waals surface area contributed by atoms with Crippen LogP contribution in [0.5, 0.6) is 0 Å². The molecule has 1 aromatic carbocycles. The molecule has 68 valence electrons. The van der Waals surface area contributed by atoms with E-state index in [1.807, 2.05) is 18.2 Å². The van der Waals surface area contributed by atoms with Crippen LogP contribution in [-0.4, -0.2) is 11.7 Å². The number of fused-ring (bicyclic) bond motifs is 1. The van der Waals surface area contributed by atoms with Gasteiger partial charge in [-0.25, -0.2) is 0 Å². The third kappa shape index (κ3) is 1.49. The van der Waals surface area contributed by atoms with Crippen molar-refractivity contribution in [2.24, 2.45) is 0 Å². The van der Waals surface area contributed by atoms with Crippen LogP contribution >= 0.6 is 11.6 Å². The number of alkyl halides is 1. The number of Topliss-reactive ketones (excluding diaryl/α,β-unsaturated/α-hetero) is 1. The molecule has 1 unspecified atom stereocenters. The van der Waals surface area contributed by atoms with E-state index in [0.29, 0.717) is 0 Å². The molecule has 0 bridgehead atoms. The van der Waals surface area contributed by atoms with Crippen molar-refractivity contribution in [3.63, 3.8) is 0 Å². The zero-order chi connectivity index (χ0) is 9.26. The van der Waals surface area contributed by atoms with Crippen LogP contribution in [0.3, 0.4) is 0 Å². The fraction of sp³-hybridized carbons (Fsp3) is 0.364. The van der Waals surface area contributed by atoms with E-state index in [0.717, 1.165) is 12.8 Å². The van der Waals surface area contributed by atoms with E-state index in [-0.39, 0.29) is 17.6 Å². The molecule has 0 aliphatic heterocycles. The molecule has 13 heavy (non-hydrogen) atoms. The Kier molecular flexibility index (Phi) is 2.36. The summed E-state index contributed by atoms with van der Waals surface area (Å²) in [7, 11) is 0. The van der Waals surface area contributed by atoms with E-state index >= 15 is 0 Å². The summed E-state index contributed by atoms with van der Waals surface area (Å²) in [5, 5.41) is 0. The quantitative estimate of drug-likeness (QED) is 0.662. The maximum atomic E-state index is 11.4. The van der Waals surface area contributed by atoms with E-state index in [1.54, 1.807) is 0 Å². The Labute approximate surface area is 82.7 Å². The number of halogens is 1. The fourth-order valence-electron chi connectivity index (χ4n) is 1.98. The van der Waals surface area contributed by atoms with Crippen LogP contribution in [0.2, 0.25) is 0 Å². The molecule has 0 spiro atoms. The molecule has 0 heterocycles. The third-order valence-electron chi connectivity index (χ3n) is 2.65. The highest BCUT2D eigenvalue weighted by Gasteiger charge is 2.26. The summed E-state index contributed by atoms with van der Waals surface area (Å²) in [5.74, 6) is 0.360. The highest BCUT2D eigenvalue weighted by atomic mass is 35.5. The number of ketones is 1. The van der Waals surface area contributed by atoms with Crippen LogP contribution < -0.4 is 0 Å². The van der Waals surface area contributed by atoms with Gasteiger partial charge in [-0.1, -0.05) is 24.3 Å². The number of carbonyl (C=O) groups is 1. The van der Waals surface area contributed by atoms with Gasteiger partial charge in [0.25, 0.3) is 0 Å². The van der Waals surface area contributed by atoms with Crippen LogP contribution in [0.1, 0.15) is 23.5 Å². The van der Waals surface area contributed by atoms with Crippen LogP contribution in [-0.2, 0) is 11.2 Å². The number of hydrogen-bond donors (Lipinski definition) is 0. The van der Waals surface area contributed by atoms with Crippen molar-refractivity contribution in [2.75, 3.05) is 5.88 Å². The van der Waals surface area contributed by atoms with Gasteiger partial charge in [0.15, 0.2) is 5.78 Å². The minimum atomic E-state index is 0.0636. The van der Waals surface area contributed by atoms with Crippen LogP contribution in [0.4, 0.5) is 0 Å². The molecular weight excluding hydrogens is 184 g/mol. The van der Waals surface area contributed by atoms with Crippen molar-refractivity contribution in [3.8, 4) is 0 Å². The van der Waals surface area contributed by atoms with E-state index in [2.05, 4.69) is 6.07 Å². The molecule has 0 N–H and O–H groups in total. The number of carbonyl (C=O) groups excluding carboxylic acids is 1. The summed E-state index contributed by atoms with van der Waals surface area (Å²) in [6.45, 7) is 0. The molecule has 2 heteroatoms. The summed E-state index contributed by atoms with van der Waals surface area (Å²) in [4.78, 5) is 11.4. The first-order chi connectivity index (χ1) is 6.33. The first-order valence-corrected chi connectivity index (χ1v) is 5.03. The Morgan fingerprint density at radius 1 is 1.46 bits per heavy atom. The first-order valence-electron chi connectivity index (χ1n) is 4.49. The normalized spacial score (nSPS) is 19.9. The molecule has 1 aliphatic carbocycles. The van der Waals surface area contributed by atoms with Gasteiger partial charge >= 0.3 is 0 Å². The zero-order valence-electron chi connectivity index (χ0n) is 7.29. The molecule has 1 aromatic rings. The monoisotopic (exact) mass is 194 g/mol. The van der Waals surface area contributed by atoms with Gasteiger partial charge in [-0.15, -0.1) is 11.6 Å². The lowest BCUT2D eigenvalue weighted by Crippen LogP contribution is -2.10. The average Bonchev–Trinajstić information content (AvgIpc) is 2.60. The smallest absolute Gasteiger partial charge is 0.155 e. The molecule has 1 aliphatic rings. The molecular formula is C11H11ClO. The molecule has 1 atom stereocenters. The van der Waals surface area contributed by atoms with Crippen molar-refractivity contribution in [3.05, 3.63) is 35.4 Å². The van der Waals surface area contributed by atoms with E-state index in [9.17, 15) is 4.79 Å². The predicted octanol–water partition coefficient (Wildman–Crippen LogP) is 2.52. The molecule has 0 fully saturated rings. The Hall–Kier alpha value is -0.820. The van der Waals surface area contributed by atoms with Gasteiger partial charge in [0.2, 0.25) is 0 Å². The molecule has 0 amide bonds. The maximum absolute atomic E-state index is 11.4. The largest absolute Gasteiger partial charge is 0.298 e. The second kappa shape index (κ2) is 3.51. The van der Waals surface area contributed by atoms with E-state index in [1.165, 1.54) is 11.1 Å². The molecule has 2 rings (SSSR count). The standard InChI is InChI=1S/C11H11ClO/c12-7-11(13)10-6-5-8-3-1-2-4-9(8)10/h1-4,10H,5-7H2. The van der Waals surface area contributed by atoms with Crippen LogP contribution in [0, 0.1) is 0 Å². The molecule has 0 aromatic heterocycles. The predicted molar refractivity (Wildman–Crippen MR) is 53.2 cm³/mol. The number of aryl methyl sites for hydroxylation is 1. The SMILES string of the molecule is O=C(CCl)C1CCc2ccccc21. The summed E-state index contributed by atoms with van der Waals surface area (Å²) >= 11 is 5.55. The van der Waals surface area contributed by atoms with E-state index < -0.39 is 0 Å². The van der Waals surface area contributed by atoms with Gasteiger partial charge < -0.3 is 0 Å². The Balaban J connectivity index is 2.33. The molecule has 0 radical (unpaired) electrons. The Bertz CT molecular complexity index is 333. The maximum Gasteiger partial charge on any atom is 0.155 e. The molecule has 0 saturated heterocycles. The van der Waals surface area contributed by atoms with Gasteiger partial charge in [0, 0.05) is 5.92 Å². The summed E-state index contributed by atoms with van der Waals surface area (Å²) in [5.41, 5.74) is 2.50. The van der Waals surface area contributed by atoms with Gasteiger partial charge in [-0.3, -0.25) is 4.79 Å². The third-order valence-corrected chi connectivity index (χ3v) is 2.92. The van der Waals surface area contributed by atoms with Crippen molar-refractivity contribution >= 4 is 17.4 Å². The first kappa shape index (κ1) is 8.76. The minimum absolute atomic E-state index is 0.0636. The number of hydrogen-bond acceptors (Lipinski definition) is 1. The van der Waals surface area contributed by atoms with Crippen LogP contribution in [0.25, 0.3) is 0 Å². The van der Waals surface area contributed by atoms with Crippen molar-refractivity contribution in [1.82, 2.24) is 0 Å². The average molecular weight is 195 g/mol. The van der Waals surface area contributed by atoms with Gasteiger partial charge in [-0.2, -0.15) is 0 Å². The summed E-state index contributed by atoms with van der Waals surface area (Å²) in [6.07, 6.45) is 1.95. The van der Waals surface area contributed by atoms with Crippen molar-refractivity contribution in [1.29, 1.82) is 0 Å². The van der Waals surface area contributed by atoms with E-state index in [4.69, 9.17) is 11.6 Å². The van der Waals surface area contributed by atoms with Crippen molar-refractivity contribution in [2.45, 2.75) is 18.8 Å². The summed E-state index contributed by atoms with van der Waals surface area (Å²) in [6, 6.07) is 8.14. The Morgan fingerprint density at radius 2 is 2.23 bits per heavy atom. The minimum Gasteiger partial charge on any atom is -0.298 e. The topological polar surface area (TPSA) is 17.1 Å². The molecule has 1 nitrogen and oxygen atoms in total. The second-order valence-corrected chi connectivity index (χ2v) is 3.66. The Morgan fingerprint density at radius 3 is 3.00 bits per heavy atom.